The number of benzene rings is 2. The van der Waals surface area contributed by atoms with E-state index in [1.807, 2.05) is 42.5 Å². The third-order valence-corrected chi connectivity index (χ3v) is 5.89. The molecular weight excluding hydrogens is 470 g/mol. The number of para-hydroxylation sites is 1. The van der Waals surface area contributed by atoms with Crippen LogP contribution in [0.4, 0.5) is 0 Å². The van der Waals surface area contributed by atoms with E-state index in [1.54, 1.807) is 32.2 Å². The van der Waals surface area contributed by atoms with Crippen LogP contribution in [-0.4, -0.2) is 52.0 Å². The lowest BCUT2D eigenvalue weighted by Crippen LogP contribution is -2.45. The van der Waals surface area contributed by atoms with Gasteiger partial charge in [-0.15, -0.1) is 5.10 Å². The molecule has 0 bridgehead atoms. The standard InChI is InChI=1S/C25H26ClN5O4/c1-17-11-12-22(35-17)24(25(33)27-13-14-34-2)30(15-18-7-3-4-8-19(18)26)23(32)16-31-21-10-6-5-9-20(21)28-29-31/h3-12,24H,13-16H2,1-2H3,(H,27,33)/t24-/m0/s1. The van der Waals surface area contributed by atoms with Gasteiger partial charge in [-0.25, -0.2) is 4.68 Å². The largest absolute Gasteiger partial charge is 0.464 e. The van der Waals surface area contributed by atoms with Gasteiger partial charge in [0.25, 0.3) is 5.91 Å². The van der Waals surface area contributed by atoms with Gasteiger partial charge in [-0.3, -0.25) is 9.59 Å². The second-order valence-electron chi connectivity index (χ2n) is 7.98. The number of aryl methyl sites for hydroxylation is 1. The van der Waals surface area contributed by atoms with E-state index in [0.29, 0.717) is 39.7 Å². The van der Waals surface area contributed by atoms with E-state index in [-0.39, 0.29) is 31.4 Å². The quantitative estimate of drug-likeness (QED) is 0.338. The van der Waals surface area contributed by atoms with Gasteiger partial charge in [0.05, 0.1) is 12.1 Å². The molecule has 0 aliphatic carbocycles. The molecule has 4 aromatic rings. The summed E-state index contributed by atoms with van der Waals surface area (Å²) in [6, 6.07) is 17.0. The summed E-state index contributed by atoms with van der Waals surface area (Å²) in [5, 5.41) is 11.6. The van der Waals surface area contributed by atoms with Crippen molar-refractivity contribution in [2.45, 2.75) is 26.1 Å². The van der Waals surface area contributed by atoms with Crippen LogP contribution in [0.15, 0.2) is 65.1 Å². The molecule has 0 spiro atoms. The minimum absolute atomic E-state index is 0.0905. The summed E-state index contributed by atoms with van der Waals surface area (Å²) in [5.74, 6) is 0.241. The maximum atomic E-state index is 13.8. The summed E-state index contributed by atoms with van der Waals surface area (Å²) >= 11 is 6.42. The van der Waals surface area contributed by atoms with Crippen LogP contribution in [-0.2, 0) is 27.4 Å². The van der Waals surface area contributed by atoms with Crippen molar-refractivity contribution >= 4 is 34.4 Å². The SMILES string of the molecule is COCCNC(=O)[C@H](c1ccc(C)o1)N(Cc1ccccc1Cl)C(=O)Cn1nnc2ccccc21. The number of methoxy groups -OCH3 is 1. The molecule has 1 N–H and O–H groups in total. The number of carbonyl (C=O) groups excluding carboxylic acids is 2. The van der Waals surface area contributed by atoms with E-state index >= 15 is 0 Å². The van der Waals surface area contributed by atoms with Crippen LogP contribution in [0.1, 0.15) is 23.1 Å². The van der Waals surface area contributed by atoms with Crippen molar-refractivity contribution in [1.29, 1.82) is 0 Å². The van der Waals surface area contributed by atoms with Crippen LogP contribution < -0.4 is 5.32 Å². The van der Waals surface area contributed by atoms with Crippen LogP contribution in [0.25, 0.3) is 11.0 Å². The molecule has 2 heterocycles. The van der Waals surface area contributed by atoms with Gasteiger partial charge in [0.2, 0.25) is 5.91 Å². The molecule has 9 nitrogen and oxygen atoms in total. The highest BCUT2D eigenvalue weighted by Gasteiger charge is 2.34. The first-order valence-corrected chi connectivity index (χ1v) is 11.5. The fourth-order valence-corrected chi connectivity index (χ4v) is 3.98. The molecule has 2 aromatic heterocycles. The molecule has 0 radical (unpaired) electrons. The van der Waals surface area contributed by atoms with Crippen molar-refractivity contribution in [3.8, 4) is 0 Å². The zero-order chi connectivity index (χ0) is 24.8. The Labute approximate surface area is 207 Å². The normalized spacial score (nSPS) is 12.0. The third kappa shape index (κ3) is 5.70. The molecular formula is C25H26ClN5O4. The lowest BCUT2D eigenvalue weighted by atomic mass is 10.1. The van der Waals surface area contributed by atoms with Crippen LogP contribution in [0.2, 0.25) is 5.02 Å². The van der Waals surface area contributed by atoms with Crippen LogP contribution in [0.3, 0.4) is 0 Å². The fourth-order valence-electron chi connectivity index (χ4n) is 3.78. The summed E-state index contributed by atoms with van der Waals surface area (Å²) in [4.78, 5) is 28.6. The number of hydrogen-bond donors (Lipinski definition) is 1. The first-order valence-electron chi connectivity index (χ1n) is 11.1. The Kier molecular flexibility index (Phi) is 7.79. The zero-order valence-electron chi connectivity index (χ0n) is 19.5. The molecule has 0 saturated heterocycles. The maximum absolute atomic E-state index is 13.8. The molecule has 4 rings (SSSR count). The van der Waals surface area contributed by atoms with Crippen molar-refractivity contribution < 1.29 is 18.7 Å². The van der Waals surface area contributed by atoms with Gasteiger partial charge in [0, 0.05) is 25.2 Å². The minimum atomic E-state index is -1.03. The molecule has 0 saturated carbocycles. The van der Waals surface area contributed by atoms with Crippen molar-refractivity contribution in [2.75, 3.05) is 20.3 Å². The average molecular weight is 496 g/mol. The van der Waals surface area contributed by atoms with E-state index in [9.17, 15) is 9.59 Å². The van der Waals surface area contributed by atoms with Gasteiger partial charge in [-0.05, 0) is 42.8 Å². The van der Waals surface area contributed by atoms with E-state index in [4.69, 9.17) is 20.8 Å². The van der Waals surface area contributed by atoms with Gasteiger partial charge >= 0.3 is 0 Å². The van der Waals surface area contributed by atoms with Gasteiger partial charge < -0.3 is 19.4 Å². The van der Waals surface area contributed by atoms with Crippen molar-refractivity contribution in [2.24, 2.45) is 0 Å². The minimum Gasteiger partial charge on any atom is -0.464 e. The number of amides is 2. The highest BCUT2D eigenvalue weighted by Crippen LogP contribution is 2.28. The first-order chi connectivity index (χ1) is 17.0. The lowest BCUT2D eigenvalue weighted by Gasteiger charge is -2.30. The number of ether oxygens (including phenoxy) is 1. The Morgan fingerprint density at radius 2 is 1.91 bits per heavy atom. The van der Waals surface area contributed by atoms with Gasteiger partial charge in [0.1, 0.15) is 23.6 Å². The van der Waals surface area contributed by atoms with E-state index < -0.39 is 6.04 Å². The van der Waals surface area contributed by atoms with Crippen LogP contribution in [0.5, 0.6) is 0 Å². The summed E-state index contributed by atoms with van der Waals surface area (Å²) < 4.78 is 12.4. The number of hydrogen-bond acceptors (Lipinski definition) is 6. The molecule has 2 amide bonds. The number of nitrogens with one attached hydrogen (secondary N) is 1. The average Bonchev–Trinajstić information content (AvgIpc) is 3.46. The van der Waals surface area contributed by atoms with E-state index in [2.05, 4.69) is 15.6 Å². The van der Waals surface area contributed by atoms with Gasteiger partial charge in [-0.2, -0.15) is 0 Å². The Morgan fingerprint density at radius 3 is 2.66 bits per heavy atom. The van der Waals surface area contributed by atoms with Crippen molar-refractivity contribution in [3.63, 3.8) is 0 Å². The van der Waals surface area contributed by atoms with Crippen LogP contribution >= 0.6 is 11.6 Å². The van der Waals surface area contributed by atoms with Gasteiger partial charge in [-0.1, -0.05) is 47.1 Å². The molecule has 0 aliphatic rings. The monoisotopic (exact) mass is 495 g/mol. The summed E-state index contributed by atoms with van der Waals surface area (Å²) in [5.41, 5.74) is 2.09. The Balaban J connectivity index is 1.72. The number of carbonyl (C=O) groups is 2. The molecule has 1 atom stereocenters. The molecule has 0 aliphatic heterocycles. The van der Waals surface area contributed by atoms with Crippen LogP contribution in [0, 0.1) is 6.92 Å². The second kappa shape index (κ2) is 11.2. The summed E-state index contributed by atoms with van der Waals surface area (Å²) in [7, 11) is 1.55. The topological polar surface area (TPSA) is 102 Å². The van der Waals surface area contributed by atoms with E-state index in [1.165, 1.54) is 9.58 Å². The highest BCUT2D eigenvalue weighted by atomic mass is 35.5. The number of nitrogens with zero attached hydrogens (tertiary/aromatic N) is 4. The molecule has 2 aromatic carbocycles. The summed E-state index contributed by atoms with van der Waals surface area (Å²) in [6.45, 7) is 2.37. The van der Waals surface area contributed by atoms with Gasteiger partial charge in [0.15, 0.2) is 6.04 Å². The Morgan fingerprint density at radius 1 is 1.14 bits per heavy atom. The van der Waals surface area contributed by atoms with E-state index in [0.717, 1.165) is 0 Å². The molecule has 35 heavy (non-hydrogen) atoms. The third-order valence-electron chi connectivity index (χ3n) is 5.52. The predicted octanol–water partition coefficient (Wildman–Crippen LogP) is 3.52. The highest BCUT2D eigenvalue weighted by molar-refractivity contribution is 6.31. The van der Waals surface area contributed by atoms with Crippen molar-refractivity contribution in [1.82, 2.24) is 25.2 Å². The summed E-state index contributed by atoms with van der Waals surface area (Å²) in [6.07, 6.45) is 0. The number of furan rings is 1. The fraction of sp³-hybridized carbons (Fsp3) is 0.280. The Hall–Kier alpha value is -3.69. The molecule has 182 valence electrons. The lowest BCUT2D eigenvalue weighted by molar-refractivity contribution is -0.143. The second-order valence-corrected chi connectivity index (χ2v) is 8.39. The predicted molar refractivity (Wildman–Crippen MR) is 131 cm³/mol. The number of rotatable bonds is 10. The van der Waals surface area contributed by atoms with Crippen molar-refractivity contribution in [3.05, 3.63) is 82.8 Å². The molecule has 10 heteroatoms. The first kappa shape index (κ1) is 24.4. The Bertz CT molecular complexity index is 1320. The number of halogens is 1. The smallest absolute Gasteiger partial charge is 0.250 e. The zero-order valence-corrected chi connectivity index (χ0v) is 20.2. The maximum Gasteiger partial charge on any atom is 0.250 e. The molecule has 0 unspecified atom stereocenters. The molecule has 0 fully saturated rings. The number of fused-ring (bicyclic) bond motifs is 1. The number of aromatic nitrogens is 3.